The van der Waals surface area contributed by atoms with Gasteiger partial charge in [0.15, 0.2) is 0 Å². The van der Waals surface area contributed by atoms with E-state index in [1.54, 1.807) is 0 Å². The van der Waals surface area contributed by atoms with Crippen LogP contribution in [0, 0.1) is 0 Å². The molecule has 0 aliphatic rings. The van der Waals surface area contributed by atoms with Crippen molar-refractivity contribution in [2.75, 3.05) is 33.5 Å². The SMILES string of the molecule is COCC(O)CCNC(=O)CCOCC(F)(F)F. The number of halogens is 3. The Morgan fingerprint density at radius 2 is 2.11 bits per heavy atom. The first-order valence-electron chi connectivity index (χ1n) is 5.43. The van der Waals surface area contributed by atoms with Gasteiger partial charge in [-0.3, -0.25) is 4.79 Å². The van der Waals surface area contributed by atoms with Crippen molar-refractivity contribution in [3.8, 4) is 0 Å². The molecule has 0 aromatic rings. The lowest BCUT2D eigenvalue weighted by Gasteiger charge is -2.10. The van der Waals surface area contributed by atoms with E-state index in [1.165, 1.54) is 7.11 Å². The van der Waals surface area contributed by atoms with Crippen LogP contribution >= 0.6 is 0 Å². The maximum absolute atomic E-state index is 11.7. The van der Waals surface area contributed by atoms with Gasteiger partial charge in [0.05, 0.1) is 19.3 Å². The Balaban J connectivity index is 3.43. The normalized spacial score (nSPS) is 13.4. The first-order valence-corrected chi connectivity index (χ1v) is 5.43. The quantitative estimate of drug-likeness (QED) is 0.599. The van der Waals surface area contributed by atoms with Crippen LogP contribution in [-0.4, -0.2) is 56.8 Å². The fourth-order valence-corrected chi connectivity index (χ4v) is 1.10. The van der Waals surface area contributed by atoms with E-state index in [2.05, 4.69) is 14.8 Å². The van der Waals surface area contributed by atoms with Gasteiger partial charge < -0.3 is 19.9 Å². The van der Waals surface area contributed by atoms with Crippen LogP contribution in [0.25, 0.3) is 0 Å². The number of ether oxygens (including phenoxy) is 2. The molecule has 1 amide bonds. The average Bonchev–Trinajstić information content (AvgIpc) is 2.23. The zero-order valence-corrected chi connectivity index (χ0v) is 10.1. The van der Waals surface area contributed by atoms with Crippen LogP contribution in [0.2, 0.25) is 0 Å². The zero-order valence-electron chi connectivity index (χ0n) is 10.1. The molecule has 0 saturated heterocycles. The summed E-state index contributed by atoms with van der Waals surface area (Å²) in [4.78, 5) is 11.1. The topological polar surface area (TPSA) is 67.8 Å². The van der Waals surface area contributed by atoms with Crippen LogP contribution in [0.5, 0.6) is 0 Å². The predicted molar refractivity (Wildman–Crippen MR) is 57.0 cm³/mol. The highest BCUT2D eigenvalue weighted by Crippen LogP contribution is 2.14. The molecule has 18 heavy (non-hydrogen) atoms. The number of nitrogens with one attached hydrogen (secondary N) is 1. The Kier molecular flexibility index (Phi) is 8.69. The van der Waals surface area contributed by atoms with Gasteiger partial charge in [-0.1, -0.05) is 0 Å². The standard InChI is InChI=1S/C10H18F3NO4/c1-17-6-8(15)2-4-14-9(16)3-5-18-7-10(11,12)13/h8,15H,2-7H2,1H3,(H,14,16). The maximum Gasteiger partial charge on any atom is 0.411 e. The van der Waals surface area contributed by atoms with E-state index in [9.17, 15) is 23.1 Å². The van der Waals surface area contributed by atoms with Crippen molar-refractivity contribution < 1.29 is 32.5 Å². The summed E-state index contributed by atoms with van der Waals surface area (Å²) in [5.74, 6) is -0.415. The van der Waals surface area contributed by atoms with E-state index in [0.717, 1.165) is 0 Å². The van der Waals surface area contributed by atoms with Crippen molar-refractivity contribution >= 4 is 5.91 Å². The van der Waals surface area contributed by atoms with Gasteiger partial charge >= 0.3 is 6.18 Å². The van der Waals surface area contributed by atoms with Crippen LogP contribution in [0.1, 0.15) is 12.8 Å². The molecular formula is C10H18F3NO4. The Labute approximate surface area is 103 Å². The summed E-state index contributed by atoms with van der Waals surface area (Å²) in [6.07, 6.45) is -4.86. The van der Waals surface area contributed by atoms with Crippen molar-refractivity contribution in [3.63, 3.8) is 0 Å². The van der Waals surface area contributed by atoms with E-state index < -0.39 is 24.8 Å². The number of carbonyl (C=O) groups is 1. The summed E-state index contributed by atoms with van der Waals surface area (Å²) in [6.45, 7) is -1.23. The number of carbonyl (C=O) groups excluding carboxylic acids is 1. The largest absolute Gasteiger partial charge is 0.411 e. The first-order chi connectivity index (χ1) is 8.35. The summed E-state index contributed by atoms with van der Waals surface area (Å²) in [5.41, 5.74) is 0. The van der Waals surface area contributed by atoms with Gasteiger partial charge in [-0.2, -0.15) is 13.2 Å². The lowest BCUT2D eigenvalue weighted by atomic mass is 10.2. The third kappa shape index (κ3) is 11.6. The minimum atomic E-state index is -4.37. The molecule has 108 valence electrons. The number of methoxy groups -OCH3 is 1. The second kappa shape index (κ2) is 9.12. The van der Waals surface area contributed by atoms with Gasteiger partial charge in [-0.15, -0.1) is 0 Å². The van der Waals surface area contributed by atoms with E-state index in [1.807, 2.05) is 0 Å². The molecule has 0 radical (unpaired) electrons. The van der Waals surface area contributed by atoms with Crippen molar-refractivity contribution in [1.29, 1.82) is 0 Å². The first kappa shape index (κ1) is 17.1. The molecule has 0 bridgehead atoms. The molecule has 1 unspecified atom stereocenters. The number of aliphatic hydroxyl groups excluding tert-OH is 1. The molecule has 1 atom stereocenters. The van der Waals surface area contributed by atoms with E-state index in [4.69, 9.17) is 0 Å². The van der Waals surface area contributed by atoms with Crippen molar-refractivity contribution in [2.24, 2.45) is 0 Å². The molecule has 0 aromatic heterocycles. The second-order valence-corrected chi connectivity index (χ2v) is 3.67. The summed E-state index contributed by atoms with van der Waals surface area (Å²) < 4.78 is 44.0. The predicted octanol–water partition coefficient (Wildman–Crippen LogP) is 0.469. The van der Waals surface area contributed by atoms with Gasteiger partial charge in [0.25, 0.3) is 0 Å². The molecule has 0 spiro atoms. The minimum absolute atomic E-state index is 0.142. The maximum atomic E-state index is 11.7. The van der Waals surface area contributed by atoms with E-state index in [-0.39, 0.29) is 26.2 Å². The molecule has 0 aromatic carbocycles. The van der Waals surface area contributed by atoms with E-state index in [0.29, 0.717) is 6.42 Å². The molecule has 0 rings (SSSR count). The molecule has 2 N–H and O–H groups in total. The lowest BCUT2D eigenvalue weighted by Crippen LogP contribution is -2.29. The Hall–Kier alpha value is -0.860. The lowest BCUT2D eigenvalue weighted by molar-refractivity contribution is -0.174. The van der Waals surface area contributed by atoms with Crippen LogP contribution in [0.3, 0.4) is 0 Å². The van der Waals surface area contributed by atoms with Crippen molar-refractivity contribution in [2.45, 2.75) is 25.1 Å². The Morgan fingerprint density at radius 1 is 1.44 bits per heavy atom. The summed E-state index contributed by atoms with van der Waals surface area (Å²) in [6, 6.07) is 0. The fraction of sp³-hybridized carbons (Fsp3) is 0.900. The fourth-order valence-electron chi connectivity index (χ4n) is 1.10. The monoisotopic (exact) mass is 273 g/mol. The van der Waals surface area contributed by atoms with Crippen LogP contribution in [0.15, 0.2) is 0 Å². The number of aliphatic hydroxyl groups is 1. The molecule has 0 heterocycles. The molecule has 0 aliphatic heterocycles. The molecule has 8 heteroatoms. The van der Waals surface area contributed by atoms with Gasteiger partial charge in [-0.25, -0.2) is 0 Å². The van der Waals surface area contributed by atoms with Crippen LogP contribution < -0.4 is 5.32 Å². The molecule has 0 aliphatic carbocycles. The number of hydrogen-bond acceptors (Lipinski definition) is 4. The number of amides is 1. The number of hydrogen-bond donors (Lipinski definition) is 2. The highest BCUT2D eigenvalue weighted by Gasteiger charge is 2.27. The highest BCUT2D eigenvalue weighted by molar-refractivity contribution is 5.75. The molecule has 5 nitrogen and oxygen atoms in total. The third-order valence-corrected chi connectivity index (χ3v) is 1.90. The molecule has 0 saturated carbocycles. The Morgan fingerprint density at radius 3 is 2.67 bits per heavy atom. The second-order valence-electron chi connectivity index (χ2n) is 3.67. The molecular weight excluding hydrogens is 255 g/mol. The zero-order chi connectivity index (χ0) is 14.0. The third-order valence-electron chi connectivity index (χ3n) is 1.90. The van der Waals surface area contributed by atoms with Crippen LogP contribution in [-0.2, 0) is 14.3 Å². The average molecular weight is 273 g/mol. The summed E-state index contributed by atoms with van der Waals surface area (Å²) in [7, 11) is 1.44. The van der Waals surface area contributed by atoms with Gasteiger partial charge in [-0.05, 0) is 6.42 Å². The van der Waals surface area contributed by atoms with Gasteiger partial charge in [0, 0.05) is 20.1 Å². The summed E-state index contributed by atoms with van der Waals surface area (Å²) in [5, 5.41) is 11.7. The smallest absolute Gasteiger partial charge is 0.391 e. The van der Waals surface area contributed by atoms with Gasteiger partial charge in [0.2, 0.25) is 5.91 Å². The minimum Gasteiger partial charge on any atom is -0.391 e. The van der Waals surface area contributed by atoms with Crippen LogP contribution in [0.4, 0.5) is 13.2 Å². The van der Waals surface area contributed by atoms with Crippen molar-refractivity contribution in [3.05, 3.63) is 0 Å². The molecule has 0 fully saturated rings. The summed E-state index contributed by atoms with van der Waals surface area (Å²) >= 11 is 0. The van der Waals surface area contributed by atoms with E-state index >= 15 is 0 Å². The Bertz CT molecular complexity index is 236. The number of alkyl halides is 3. The number of rotatable bonds is 9. The van der Waals surface area contributed by atoms with Gasteiger partial charge in [0.1, 0.15) is 6.61 Å². The highest BCUT2D eigenvalue weighted by atomic mass is 19.4. The van der Waals surface area contributed by atoms with Crippen molar-refractivity contribution in [1.82, 2.24) is 5.32 Å².